The van der Waals surface area contributed by atoms with Crippen LogP contribution in [0.1, 0.15) is 17.2 Å². The number of benzene rings is 1. The molecule has 0 bridgehead atoms. The van der Waals surface area contributed by atoms with Gasteiger partial charge in [0, 0.05) is 10.5 Å². The van der Waals surface area contributed by atoms with Gasteiger partial charge in [-0.25, -0.2) is 4.79 Å². The molecule has 86 valence electrons. The van der Waals surface area contributed by atoms with Gasteiger partial charge in [0.2, 0.25) is 0 Å². The molecule has 16 heavy (non-hydrogen) atoms. The number of nitro benzene ring substituents is 1. The maximum atomic E-state index is 10.7. The van der Waals surface area contributed by atoms with E-state index in [1.54, 1.807) is 6.92 Å². The molecule has 1 aromatic carbocycles. The Labute approximate surface area is 98.8 Å². The van der Waals surface area contributed by atoms with E-state index in [1.807, 2.05) is 0 Å². The molecule has 0 aromatic heterocycles. The van der Waals surface area contributed by atoms with E-state index in [1.165, 1.54) is 12.1 Å². The summed E-state index contributed by atoms with van der Waals surface area (Å²) in [6.45, 7) is 1.63. The fourth-order valence-corrected chi connectivity index (χ4v) is 2.06. The largest absolute Gasteiger partial charge is 0.479 e. The second kappa shape index (κ2) is 4.58. The van der Waals surface area contributed by atoms with Gasteiger partial charge in [-0.05, 0) is 18.6 Å². The number of aliphatic hydroxyl groups excluding tert-OH is 1. The third-order valence-electron chi connectivity index (χ3n) is 1.96. The Balaban J connectivity index is 3.46. The van der Waals surface area contributed by atoms with E-state index in [-0.39, 0.29) is 10.0 Å². The first-order valence-corrected chi connectivity index (χ1v) is 4.99. The van der Waals surface area contributed by atoms with Crippen molar-refractivity contribution < 1.29 is 19.9 Å². The number of carboxylic acid groups (broad SMARTS) is 1. The van der Waals surface area contributed by atoms with Crippen molar-refractivity contribution in [3.8, 4) is 0 Å². The third kappa shape index (κ3) is 2.37. The molecule has 0 saturated carbocycles. The van der Waals surface area contributed by atoms with Crippen molar-refractivity contribution in [2.45, 2.75) is 13.0 Å². The van der Waals surface area contributed by atoms with E-state index in [0.29, 0.717) is 5.56 Å². The van der Waals surface area contributed by atoms with Gasteiger partial charge in [-0.15, -0.1) is 0 Å². The van der Waals surface area contributed by atoms with Crippen LogP contribution in [0, 0.1) is 17.0 Å². The van der Waals surface area contributed by atoms with Crippen LogP contribution in [0.15, 0.2) is 16.6 Å². The van der Waals surface area contributed by atoms with Gasteiger partial charge in [0.25, 0.3) is 5.69 Å². The highest BCUT2D eigenvalue weighted by molar-refractivity contribution is 9.10. The Bertz CT molecular complexity index is 459. The lowest BCUT2D eigenvalue weighted by Crippen LogP contribution is -2.13. The predicted molar refractivity (Wildman–Crippen MR) is 58.1 cm³/mol. The summed E-state index contributed by atoms with van der Waals surface area (Å²) in [6, 6.07) is 2.72. The number of carboxylic acids is 1. The van der Waals surface area contributed by atoms with Gasteiger partial charge >= 0.3 is 5.97 Å². The van der Waals surface area contributed by atoms with Crippen LogP contribution < -0.4 is 0 Å². The van der Waals surface area contributed by atoms with E-state index >= 15 is 0 Å². The molecule has 0 aliphatic rings. The summed E-state index contributed by atoms with van der Waals surface area (Å²) in [5.41, 5.74) is -0.0650. The van der Waals surface area contributed by atoms with Gasteiger partial charge in [-0.3, -0.25) is 10.1 Å². The lowest BCUT2D eigenvalue weighted by atomic mass is 10.0. The van der Waals surface area contributed by atoms with Crippen molar-refractivity contribution in [3.63, 3.8) is 0 Å². The smallest absolute Gasteiger partial charge is 0.337 e. The van der Waals surface area contributed by atoms with Crippen LogP contribution in [-0.4, -0.2) is 21.1 Å². The van der Waals surface area contributed by atoms with E-state index in [2.05, 4.69) is 15.9 Å². The number of carbonyl (C=O) groups is 1. The average Bonchev–Trinajstić information content (AvgIpc) is 2.15. The molecule has 0 radical (unpaired) electrons. The Morgan fingerprint density at radius 1 is 1.56 bits per heavy atom. The van der Waals surface area contributed by atoms with E-state index in [0.717, 1.165) is 0 Å². The minimum Gasteiger partial charge on any atom is -0.479 e. The molecule has 0 saturated heterocycles. The summed E-state index contributed by atoms with van der Waals surface area (Å²) in [5, 5.41) is 28.7. The van der Waals surface area contributed by atoms with Crippen molar-refractivity contribution in [1.29, 1.82) is 0 Å². The predicted octanol–water partition coefficient (Wildman–Crippen LogP) is 1.78. The highest BCUT2D eigenvalue weighted by Gasteiger charge is 2.28. The molecule has 0 aliphatic carbocycles. The average molecular weight is 290 g/mol. The lowest BCUT2D eigenvalue weighted by Gasteiger charge is -2.09. The molecule has 1 atom stereocenters. The van der Waals surface area contributed by atoms with Crippen LogP contribution in [0.5, 0.6) is 0 Å². The Kier molecular flexibility index (Phi) is 3.61. The molecule has 0 amide bonds. The lowest BCUT2D eigenvalue weighted by molar-refractivity contribution is -0.386. The number of hydrogen-bond donors (Lipinski definition) is 2. The first-order chi connectivity index (χ1) is 7.34. The number of nitrogens with zero attached hydrogens (tertiary/aromatic N) is 1. The standard InChI is InChI=1S/C9H8BrNO5/c1-4-2-5(10)7(8(12)9(13)14)6(3-4)11(15)16/h2-3,8,12H,1H3,(H,13,14). The number of aliphatic hydroxyl groups is 1. The number of hydrogen-bond acceptors (Lipinski definition) is 4. The number of nitro groups is 1. The molecule has 0 aliphatic heterocycles. The van der Waals surface area contributed by atoms with Crippen molar-refractivity contribution in [1.82, 2.24) is 0 Å². The molecule has 7 heteroatoms. The fourth-order valence-electron chi connectivity index (χ4n) is 1.28. The van der Waals surface area contributed by atoms with Crippen molar-refractivity contribution >= 4 is 27.6 Å². The second-order valence-corrected chi connectivity index (χ2v) is 4.03. The molecule has 1 rings (SSSR count). The van der Waals surface area contributed by atoms with E-state index < -0.39 is 22.7 Å². The quantitative estimate of drug-likeness (QED) is 0.652. The highest BCUT2D eigenvalue weighted by Crippen LogP contribution is 2.33. The van der Waals surface area contributed by atoms with Gasteiger partial charge < -0.3 is 10.2 Å². The maximum Gasteiger partial charge on any atom is 0.337 e. The number of aryl methyl sites for hydroxylation is 1. The van der Waals surface area contributed by atoms with Gasteiger partial charge in [0.15, 0.2) is 6.10 Å². The molecular weight excluding hydrogens is 282 g/mol. The fraction of sp³-hybridized carbons (Fsp3) is 0.222. The summed E-state index contributed by atoms with van der Waals surface area (Å²) in [7, 11) is 0. The Morgan fingerprint density at radius 2 is 2.12 bits per heavy atom. The molecule has 0 fully saturated rings. The highest BCUT2D eigenvalue weighted by atomic mass is 79.9. The Morgan fingerprint density at radius 3 is 2.56 bits per heavy atom. The first-order valence-electron chi connectivity index (χ1n) is 4.20. The second-order valence-electron chi connectivity index (χ2n) is 3.18. The first kappa shape index (κ1) is 12.6. The summed E-state index contributed by atoms with van der Waals surface area (Å²) in [5.74, 6) is -1.53. The summed E-state index contributed by atoms with van der Waals surface area (Å²) >= 11 is 3.01. The monoisotopic (exact) mass is 289 g/mol. The van der Waals surface area contributed by atoms with Gasteiger partial charge in [-0.2, -0.15) is 0 Å². The topological polar surface area (TPSA) is 101 Å². The minimum atomic E-state index is -1.92. The van der Waals surface area contributed by atoms with Crippen LogP contribution in [0.2, 0.25) is 0 Å². The zero-order valence-electron chi connectivity index (χ0n) is 8.18. The summed E-state index contributed by atoms with van der Waals surface area (Å²) in [4.78, 5) is 20.6. The zero-order chi connectivity index (χ0) is 12.5. The van der Waals surface area contributed by atoms with Crippen molar-refractivity contribution in [2.75, 3.05) is 0 Å². The molecule has 0 heterocycles. The Hall–Kier alpha value is -1.47. The van der Waals surface area contributed by atoms with Gasteiger partial charge in [-0.1, -0.05) is 15.9 Å². The van der Waals surface area contributed by atoms with Crippen molar-refractivity contribution in [3.05, 3.63) is 37.8 Å². The maximum absolute atomic E-state index is 10.7. The zero-order valence-corrected chi connectivity index (χ0v) is 9.76. The number of aliphatic carboxylic acids is 1. The molecule has 1 unspecified atom stereocenters. The molecular formula is C9H8BrNO5. The number of rotatable bonds is 3. The molecule has 6 nitrogen and oxygen atoms in total. The van der Waals surface area contributed by atoms with Crippen LogP contribution in [0.4, 0.5) is 5.69 Å². The molecule has 0 spiro atoms. The van der Waals surface area contributed by atoms with Crippen molar-refractivity contribution in [2.24, 2.45) is 0 Å². The van der Waals surface area contributed by atoms with Crippen LogP contribution >= 0.6 is 15.9 Å². The SMILES string of the molecule is Cc1cc(Br)c(C(O)C(=O)O)c([N+](=O)[O-])c1. The minimum absolute atomic E-state index is 0.203. The number of halogens is 1. The van der Waals surface area contributed by atoms with Crippen LogP contribution in [0.3, 0.4) is 0 Å². The summed E-state index contributed by atoms with van der Waals surface area (Å²) < 4.78 is 0.203. The van der Waals surface area contributed by atoms with Crippen LogP contribution in [-0.2, 0) is 4.79 Å². The van der Waals surface area contributed by atoms with Gasteiger partial charge in [0.05, 0.1) is 10.5 Å². The van der Waals surface area contributed by atoms with E-state index in [9.17, 15) is 20.0 Å². The normalized spacial score (nSPS) is 12.2. The summed E-state index contributed by atoms with van der Waals surface area (Å²) in [6.07, 6.45) is -1.92. The van der Waals surface area contributed by atoms with E-state index in [4.69, 9.17) is 5.11 Å². The molecule has 2 N–H and O–H groups in total. The third-order valence-corrected chi connectivity index (χ3v) is 2.61. The van der Waals surface area contributed by atoms with Gasteiger partial charge in [0.1, 0.15) is 0 Å². The van der Waals surface area contributed by atoms with Crippen LogP contribution in [0.25, 0.3) is 0 Å². The molecule has 1 aromatic rings.